The summed E-state index contributed by atoms with van der Waals surface area (Å²) in [6.45, 7) is 8.16. The fourth-order valence-electron chi connectivity index (χ4n) is 2.22. The molecule has 96 valence electrons. The molecule has 0 aliphatic heterocycles. The molecule has 0 atom stereocenters. The van der Waals surface area contributed by atoms with Crippen molar-refractivity contribution in [3.05, 3.63) is 29.8 Å². The second kappa shape index (κ2) is 8.13. The molecule has 0 radical (unpaired) electrons. The zero-order chi connectivity index (χ0) is 12.5. The average molecular weight is 234 g/mol. The van der Waals surface area contributed by atoms with Gasteiger partial charge in [0.1, 0.15) is 0 Å². The minimum absolute atomic E-state index is 0.876. The zero-order valence-electron chi connectivity index (χ0n) is 11.3. The average Bonchev–Trinajstić information content (AvgIpc) is 2.30. The minimum Gasteiger partial charge on any atom is -0.399 e. The first-order valence-corrected chi connectivity index (χ1v) is 6.83. The van der Waals surface area contributed by atoms with Crippen molar-refractivity contribution in [2.45, 2.75) is 39.5 Å². The van der Waals surface area contributed by atoms with Crippen LogP contribution in [0.1, 0.15) is 38.7 Å². The minimum atomic E-state index is 0.876. The highest BCUT2D eigenvalue weighted by Crippen LogP contribution is 2.09. The van der Waals surface area contributed by atoms with E-state index in [-0.39, 0.29) is 0 Å². The van der Waals surface area contributed by atoms with Gasteiger partial charge in [-0.25, -0.2) is 0 Å². The van der Waals surface area contributed by atoms with Crippen LogP contribution in [0, 0.1) is 0 Å². The summed E-state index contributed by atoms with van der Waals surface area (Å²) in [5.74, 6) is 0. The zero-order valence-corrected chi connectivity index (χ0v) is 11.3. The number of hydrogen-bond acceptors (Lipinski definition) is 2. The van der Waals surface area contributed by atoms with Crippen molar-refractivity contribution in [3.63, 3.8) is 0 Å². The Morgan fingerprint density at radius 3 is 2.35 bits per heavy atom. The molecule has 0 spiro atoms. The molecule has 1 aromatic rings. The predicted octanol–water partition coefficient (Wildman–Crippen LogP) is 3.32. The summed E-state index contributed by atoms with van der Waals surface area (Å²) >= 11 is 0. The second-order valence-corrected chi connectivity index (χ2v) is 4.69. The molecule has 0 heterocycles. The summed E-state index contributed by atoms with van der Waals surface area (Å²) < 4.78 is 0. The summed E-state index contributed by atoms with van der Waals surface area (Å²) in [5, 5.41) is 0. The Bertz CT molecular complexity index is 304. The summed E-state index contributed by atoms with van der Waals surface area (Å²) in [7, 11) is 0. The van der Waals surface area contributed by atoms with Crippen LogP contribution in [-0.4, -0.2) is 24.5 Å². The molecule has 1 rings (SSSR count). The van der Waals surface area contributed by atoms with Crippen molar-refractivity contribution < 1.29 is 0 Å². The van der Waals surface area contributed by atoms with Gasteiger partial charge in [0.05, 0.1) is 0 Å². The molecule has 0 unspecified atom stereocenters. The van der Waals surface area contributed by atoms with E-state index in [9.17, 15) is 0 Å². The van der Waals surface area contributed by atoms with Crippen molar-refractivity contribution in [3.8, 4) is 0 Å². The maximum Gasteiger partial charge on any atom is 0.0316 e. The second-order valence-electron chi connectivity index (χ2n) is 4.69. The van der Waals surface area contributed by atoms with Crippen molar-refractivity contribution >= 4 is 5.69 Å². The Morgan fingerprint density at radius 2 is 1.76 bits per heavy atom. The standard InChI is InChI=1S/C15H26N2/c1-3-10-17(11-4-2)12-6-8-14-7-5-9-15(16)13-14/h5,7,9,13H,3-4,6,8,10-12,16H2,1-2H3. The first-order valence-electron chi connectivity index (χ1n) is 6.83. The van der Waals surface area contributed by atoms with E-state index in [1.165, 1.54) is 44.5 Å². The van der Waals surface area contributed by atoms with Crippen molar-refractivity contribution in [2.24, 2.45) is 0 Å². The maximum atomic E-state index is 5.78. The van der Waals surface area contributed by atoms with Gasteiger partial charge in [-0.3, -0.25) is 0 Å². The van der Waals surface area contributed by atoms with Gasteiger partial charge in [0.2, 0.25) is 0 Å². The smallest absolute Gasteiger partial charge is 0.0316 e. The molecule has 0 aromatic heterocycles. The van der Waals surface area contributed by atoms with E-state index < -0.39 is 0 Å². The van der Waals surface area contributed by atoms with E-state index in [0.717, 1.165) is 12.1 Å². The Labute approximate surface area is 106 Å². The van der Waals surface area contributed by atoms with Crippen LogP contribution >= 0.6 is 0 Å². The van der Waals surface area contributed by atoms with Crippen molar-refractivity contribution in [1.82, 2.24) is 4.90 Å². The number of nitrogens with two attached hydrogens (primary N) is 1. The lowest BCUT2D eigenvalue weighted by Gasteiger charge is -2.20. The third-order valence-electron chi connectivity index (χ3n) is 2.97. The summed E-state index contributed by atoms with van der Waals surface area (Å²) in [6, 6.07) is 8.24. The number of rotatable bonds is 8. The Kier molecular flexibility index (Phi) is 6.71. The van der Waals surface area contributed by atoms with E-state index in [1.54, 1.807) is 0 Å². The third-order valence-corrected chi connectivity index (χ3v) is 2.97. The van der Waals surface area contributed by atoms with Gasteiger partial charge in [-0.15, -0.1) is 0 Å². The first-order chi connectivity index (χ1) is 8.26. The maximum absolute atomic E-state index is 5.78. The van der Waals surface area contributed by atoms with Crippen LogP contribution in [0.25, 0.3) is 0 Å². The van der Waals surface area contributed by atoms with Crippen LogP contribution in [-0.2, 0) is 6.42 Å². The van der Waals surface area contributed by atoms with Crippen LogP contribution in [0.5, 0.6) is 0 Å². The predicted molar refractivity (Wildman–Crippen MR) is 76.2 cm³/mol. The molecule has 0 aliphatic carbocycles. The fraction of sp³-hybridized carbons (Fsp3) is 0.600. The van der Waals surface area contributed by atoms with E-state index in [4.69, 9.17) is 5.73 Å². The van der Waals surface area contributed by atoms with E-state index in [2.05, 4.69) is 30.9 Å². The highest BCUT2D eigenvalue weighted by atomic mass is 15.1. The van der Waals surface area contributed by atoms with Gasteiger partial charge in [-0.05, 0) is 63.0 Å². The Morgan fingerprint density at radius 1 is 1.06 bits per heavy atom. The number of nitrogens with zero attached hydrogens (tertiary/aromatic N) is 1. The Hall–Kier alpha value is -1.02. The molecule has 2 heteroatoms. The molecule has 0 fully saturated rings. The lowest BCUT2D eigenvalue weighted by molar-refractivity contribution is 0.271. The van der Waals surface area contributed by atoms with Crippen LogP contribution in [0.15, 0.2) is 24.3 Å². The molecular weight excluding hydrogens is 208 g/mol. The van der Waals surface area contributed by atoms with Gasteiger partial charge < -0.3 is 10.6 Å². The molecule has 0 bridgehead atoms. The molecule has 17 heavy (non-hydrogen) atoms. The Balaban J connectivity index is 2.30. The quantitative estimate of drug-likeness (QED) is 0.699. The normalized spacial score (nSPS) is 11.0. The summed E-state index contributed by atoms with van der Waals surface area (Å²) in [4.78, 5) is 2.56. The highest BCUT2D eigenvalue weighted by Gasteiger charge is 2.02. The monoisotopic (exact) mass is 234 g/mol. The number of benzene rings is 1. The van der Waals surface area contributed by atoms with Gasteiger partial charge >= 0.3 is 0 Å². The number of anilines is 1. The van der Waals surface area contributed by atoms with Crippen molar-refractivity contribution in [2.75, 3.05) is 25.4 Å². The number of hydrogen-bond donors (Lipinski definition) is 1. The number of aryl methyl sites for hydroxylation is 1. The van der Waals surface area contributed by atoms with Gasteiger partial charge in [-0.1, -0.05) is 26.0 Å². The summed E-state index contributed by atoms with van der Waals surface area (Å²) in [6.07, 6.45) is 4.86. The topological polar surface area (TPSA) is 29.3 Å². The van der Waals surface area contributed by atoms with Crippen LogP contribution in [0.3, 0.4) is 0 Å². The van der Waals surface area contributed by atoms with Gasteiger partial charge in [-0.2, -0.15) is 0 Å². The van der Waals surface area contributed by atoms with Gasteiger partial charge in [0.25, 0.3) is 0 Å². The SMILES string of the molecule is CCCN(CCC)CCCc1cccc(N)c1. The third kappa shape index (κ3) is 5.73. The van der Waals surface area contributed by atoms with Crippen LogP contribution in [0.4, 0.5) is 5.69 Å². The van der Waals surface area contributed by atoms with Crippen LogP contribution < -0.4 is 5.73 Å². The largest absolute Gasteiger partial charge is 0.399 e. The van der Waals surface area contributed by atoms with E-state index in [0.29, 0.717) is 0 Å². The molecular formula is C15H26N2. The molecule has 2 N–H and O–H groups in total. The summed E-state index contributed by atoms with van der Waals surface area (Å²) in [5.41, 5.74) is 8.01. The van der Waals surface area contributed by atoms with Gasteiger partial charge in [0, 0.05) is 5.69 Å². The first kappa shape index (κ1) is 14.0. The van der Waals surface area contributed by atoms with Gasteiger partial charge in [0.15, 0.2) is 0 Å². The van der Waals surface area contributed by atoms with E-state index >= 15 is 0 Å². The molecule has 1 aromatic carbocycles. The number of nitrogen functional groups attached to an aromatic ring is 1. The van der Waals surface area contributed by atoms with Crippen LogP contribution in [0.2, 0.25) is 0 Å². The molecule has 0 aliphatic rings. The van der Waals surface area contributed by atoms with E-state index in [1.807, 2.05) is 12.1 Å². The fourth-order valence-corrected chi connectivity index (χ4v) is 2.22. The molecule has 0 saturated carbocycles. The highest BCUT2D eigenvalue weighted by molar-refractivity contribution is 5.40. The molecule has 2 nitrogen and oxygen atoms in total. The lowest BCUT2D eigenvalue weighted by atomic mass is 10.1. The lowest BCUT2D eigenvalue weighted by Crippen LogP contribution is -2.26. The molecule has 0 amide bonds. The molecule has 0 saturated heterocycles. The van der Waals surface area contributed by atoms with Crippen molar-refractivity contribution in [1.29, 1.82) is 0 Å².